The number of hydrogen-bond acceptors (Lipinski definition) is 1. The minimum absolute atomic E-state index is 0.118. The molecule has 0 N–H and O–H groups in total. The van der Waals surface area contributed by atoms with E-state index in [0.29, 0.717) is 5.92 Å². The molecule has 2 aromatic carbocycles. The molecule has 0 radical (unpaired) electrons. The first-order valence-corrected chi connectivity index (χ1v) is 7.75. The summed E-state index contributed by atoms with van der Waals surface area (Å²) in [6, 6.07) is 14.2. The third-order valence-electron chi connectivity index (χ3n) is 3.96. The Morgan fingerprint density at radius 3 is 2.57 bits per heavy atom. The molecule has 0 bridgehead atoms. The van der Waals surface area contributed by atoms with E-state index < -0.39 is 0 Å². The second-order valence-corrected chi connectivity index (χ2v) is 5.98. The van der Waals surface area contributed by atoms with Gasteiger partial charge >= 0.3 is 0 Å². The van der Waals surface area contributed by atoms with Gasteiger partial charge in [-0.05, 0) is 61.4 Å². The van der Waals surface area contributed by atoms with E-state index in [-0.39, 0.29) is 5.78 Å². The van der Waals surface area contributed by atoms with Crippen LogP contribution in [0.1, 0.15) is 53.2 Å². The lowest BCUT2D eigenvalue weighted by molar-refractivity contribution is 0.101. The molecule has 2 rings (SSSR count). The van der Waals surface area contributed by atoms with Crippen molar-refractivity contribution in [2.45, 2.75) is 39.5 Å². The lowest BCUT2D eigenvalue weighted by Gasteiger charge is -2.17. The smallest absolute Gasteiger partial charge is 0.159 e. The summed E-state index contributed by atoms with van der Waals surface area (Å²) in [5, 5.41) is 0.812. The van der Waals surface area contributed by atoms with Crippen LogP contribution in [-0.2, 0) is 6.42 Å². The van der Waals surface area contributed by atoms with Crippen LogP contribution in [0.15, 0.2) is 42.5 Å². The summed E-state index contributed by atoms with van der Waals surface area (Å²) in [5.41, 5.74) is 4.43. The normalized spacial score (nSPS) is 12.2. The maximum Gasteiger partial charge on any atom is 0.159 e. The second-order valence-electron chi connectivity index (χ2n) is 5.57. The number of benzene rings is 2. The van der Waals surface area contributed by atoms with Crippen molar-refractivity contribution in [3.63, 3.8) is 0 Å². The average molecular weight is 301 g/mol. The summed E-state index contributed by atoms with van der Waals surface area (Å²) in [4.78, 5) is 11.5. The first-order valence-electron chi connectivity index (χ1n) is 7.37. The average Bonchev–Trinajstić information content (AvgIpc) is 2.48. The van der Waals surface area contributed by atoms with Crippen LogP contribution in [-0.4, -0.2) is 5.78 Å². The van der Waals surface area contributed by atoms with Crippen LogP contribution < -0.4 is 0 Å². The Kier molecular flexibility index (Phi) is 5.19. The van der Waals surface area contributed by atoms with Crippen molar-refractivity contribution in [3.8, 4) is 0 Å². The Bertz CT molecular complexity index is 646. The molecule has 1 atom stereocenters. The number of Topliss-reactive ketones (excluding diaryl/α,β-unsaturated/α-hetero) is 1. The van der Waals surface area contributed by atoms with E-state index in [1.807, 2.05) is 31.2 Å². The molecule has 0 unspecified atom stereocenters. The Labute approximate surface area is 132 Å². The maximum atomic E-state index is 11.5. The third-order valence-corrected chi connectivity index (χ3v) is 4.39. The first kappa shape index (κ1) is 15.8. The van der Waals surface area contributed by atoms with Gasteiger partial charge in [0.2, 0.25) is 0 Å². The highest BCUT2D eigenvalue weighted by molar-refractivity contribution is 6.31. The van der Waals surface area contributed by atoms with Crippen molar-refractivity contribution in [3.05, 3.63) is 69.7 Å². The Morgan fingerprint density at radius 2 is 1.95 bits per heavy atom. The molecule has 1 nitrogen and oxygen atoms in total. The lowest BCUT2D eigenvalue weighted by Crippen LogP contribution is -2.03. The molecule has 0 aliphatic heterocycles. The molecule has 0 amide bonds. The number of carbonyl (C=O) groups is 1. The van der Waals surface area contributed by atoms with Gasteiger partial charge in [0.25, 0.3) is 0 Å². The molecule has 0 spiro atoms. The van der Waals surface area contributed by atoms with Crippen LogP contribution >= 0.6 is 11.6 Å². The second kappa shape index (κ2) is 6.91. The Hall–Kier alpha value is -1.60. The van der Waals surface area contributed by atoms with E-state index in [2.05, 4.69) is 25.1 Å². The van der Waals surface area contributed by atoms with Crippen LogP contribution in [0, 0.1) is 6.92 Å². The summed E-state index contributed by atoms with van der Waals surface area (Å²) in [5.74, 6) is 0.565. The van der Waals surface area contributed by atoms with Gasteiger partial charge in [-0.3, -0.25) is 4.79 Å². The van der Waals surface area contributed by atoms with Crippen molar-refractivity contribution >= 4 is 17.4 Å². The zero-order valence-electron chi connectivity index (χ0n) is 12.8. The fraction of sp³-hybridized carbons (Fsp3) is 0.316. The molecule has 0 fully saturated rings. The van der Waals surface area contributed by atoms with Gasteiger partial charge < -0.3 is 0 Å². The molecular weight excluding hydrogens is 280 g/mol. The Morgan fingerprint density at radius 1 is 1.19 bits per heavy atom. The molecule has 2 heteroatoms. The molecule has 0 saturated carbocycles. The standard InChI is InChI=1S/C19H21ClO/c1-4-16(18-8-9-19(20)13(2)10-18)11-15-6-5-7-17(12-15)14(3)21/h5-10,12,16H,4,11H2,1-3H3/t16-/m0/s1. The summed E-state index contributed by atoms with van der Waals surface area (Å²) in [7, 11) is 0. The van der Waals surface area contributed by atoms with E-state index in [1.165, 1.54) is 11.1 Å². The SMILES string of the molecule is CC[C@@H](Cc1cccc(C(C)=O)c1)c1ccc(Cl)c(C)c1. The number of carbonyl (C=O) groups excluding carboxylic acids is 1. The predicted octanol–water partition coefficient (Wildman–Crippen LogP) is 5.59. The van der Waals surface area contributed by atoms with Gasteiger partial charge in [0.05, 0.1) is 0 Å². The van der Waals surface area contributed by atoms with E-state index >= 15 is 0 Å². The minimum atomic E-state index is 0.118. The van der Waals surface area contributed by atoms with Gasteiger partial charge in [0, 0.05) is 10.6 Å². The van der Waals surface area contributed by atoms with Crippen molar-refractivity contribution in [1.82, 2.24) is 0 Å². The van der Waals surface area contributed by atoms with Gasteiger partial charge in [-0.2, -0.15) is 0 Å². The van der Waals surface area contributed by atoms with Gasteiger partial charge in [0.1, 0.15) is 0 Å². The number of aryl methyl sites for hydroxylation is 1. The molecule has 2 aromatic rings. The fourth-order valence-electron chi connectivity index (χ4n) is 2.62. The summed E-state index contributed by atoms with van der Waals surface area (Å²) >= 11 is 6.11. The molecule has 0 aliphatic carbocycles. The quantitative estimate of drug-likeness (QED) is 0.658. The zero-order valence-corrected chi connectivity index (χ0v) is 13.6. The summed E-state index contributed by atoms with van der Waals surface area (Å²) < 4.78 is 0. The highest BCUT2D eigenvalue weighted by Gasteiger charge is 2.12. The predicted molar refractivity (Wildman–Crippen MR) is 89.4 cm³/mol. The maximum absolute atomic E-state index is 11.5. The van der Waals surface area contributed by atoms with Crippen LogP contribution in [0.4, 0.5) is 0 Å². The van der Waals surface area contributed by atoms with Crippen LogP contribution in [0.5, 0.6) is 0 Å². The molecular formula is C19H21ClO. The Balaban J connectivity index is 2.24. The molecule has 0 aliphatic rings. The molecule has 110 valence electrons. The topological polar surface area (TPSA) is 17.1 Å². The number of halogens is 1. The zero-order chi connectivity index (χ0) is 15.4. The third kappa shape index (κ3) is 3.95. The number of rotatable bonds is 5. The summed E-state index contributed by atoms with van der Waals surface area (Å²) in [6.07, 6.45) is 2.00. The summed E-state index contributed by atoms with van der Waals surface area (Å²) in [6.45, 7) is 5.84. The number of ketones is 1. The van der Waals surface area contributed by atoms with Crippen LogP contribution in [0.2, 0.25) is 5.02 Å². The van der Waals surface area contributed by atoms with Gasteiger partial charge in [-0.25, -0.2) is 0 Å². The van der Waals surface area contributed by atoms with Crippen molar-refractivity contribution in [2.24, 2.45) is 0 Å². The molecule has 0 aromatic heterocycles. The molecule has 21 heavy (non-hydrogen) atoms. The van der Waals surface area contributed by atoms with Crippen LogP contribution in [0.25, 0.3) is 0 Å². The van der Waals surface area contributed by atoms with E-state index in [9.17, 15) is 4.79 Å². The lowest BCUT2D eigenvalue weighted by atomic mass is 9.88. The van der Waals surface area contributed by atoms with Crippen LogP contribution in [0.3, 0.4) is 0 Å². The van der Waals surface area contributed by atoms with Gasteiger partial charge in [-0.1, -0.05) is 48.9 Å². The van der Waals surface area contributed by atoms with Gasteiger partial charge in [-0.15, -0.1) is 0 Å². The van der Waals surface area contributed by atoms with E-state index in [4.69, 9.17) is 11.6 Å². The monoisotopic (exact) mass is 300 g/mol. The van der Waals surface area contributed by atoms with Crippen molar-refractivity contribution < 1.29 is 4.79 Å². The van der Waals surface area contributed by atoms with Crippen molar-refractivity contribution in [2.75, 3.05) is 0 Å². The van der Waals surface area contributed by atoms with E-state index in [1.54, 1.807) is 6.92 Å². The molecule has 0 saturated heterocycles. The minimum Gasteiger partial charge on any atom is -0.295 e. The molecule has 0 heterocycles. The fourth-order valence-corrected chi connectivity index (χ4v) is 2.74. The highest BCUT2D eigenvalue weighted by Crippen LogP contribution is 2.27. The highest BCUT2D eigenvalue weighted by atomic mass is 35.5. The largest absolute Gasteiger partial charge is 0.295 e. The van der Waals surface area contributed by atoms with E-state index in [0.717, 1.165) is 29.0 Å². The van der Waals surface area contributed by atoms with Crippen molar-refractivity contribution in [1.29, 1.82) is 0 Å². The van der Waals surface area contributed by atoms with Gasteiger partial charge in [0.15, 0.2) is 5.78 Å². The first-order chi connectivity index (χ1) is 10.0. The number of hydrogen-bond donors (Lipinski definition) is 0.